The molecule has 1 saturated heterocycles. The predicted octanol–water partition coefficient (Wildman–Crippen LogP) is 2.94. The maximum atomic E-state index is 13.6. The van der Waals surface area contributed by atoms with Crippen molar-refractivity contribution in [1.29, 1.82) is 0 Å². The molecule has 0 aromatic heterocycles. The summed E-state index contributed by atoms with van der Waals surface area (Å²) in [4.78, 5) is 36.9. The smallest absolute Gasteiger partial charge is 0.457 e. The summed E-state index contributed by atoms with van der Waals surface area (Å²) < 4.78 is 12.2. The Morgan fingerprint density at radius 3 is 2.12 bits per heavy atom. The molecule has 0 bridgehead atoms. The summed E-state index contributed by atoms with van der Waals surface area (Å²) in [5, 5.41) is 17.5. The zero-order valence-electron chi connectivity index (χ0n) is 21.5. The summed E-state index contributed by atoms with van der Waals surface area (Å²) in [5.41, 5.74) is -2.49. The Bertz CT molecular complexity index is 735. The minimum Gasteiger partial charge on any atom is -0.465 e. The Kier molecular flexibility index (Phi) is 8.17. The average molecular weight is 467 g/mol. The van der Waals surface area contributed by atoms with Crippen molar-refractivity contribution in [2.24, 2.45) is 11.8 Å². The summed E-state index contributed by atoms with van der Waals surface area (Å²) in [7, 11) is -0.319. The van der Waals surface area contributed by atoms with Crippen molar-refractivity contribution in [3.05, 3.63) is 0 Å². The van der Waals surface area contributed by atoms with E-state index in [4.69, 9.17) is 14.4 Å². The van der Waals surface area contributed by atoms with Crippen molar-refractivity contribution < 1.29 is 28.8 Å². The van der Waals surface area contributed by atoms with Crippen LogP contribution in [0, 0.1) is 11.8 Å². The van der Waals surface area contributed by atoms with Crippen LogP contribution in [-0.4, -0.2) is 59.0 Å². The minimum atomic E-state index is -1.19. The average Bonchev–Trinajstić information content (AvgIpc) is 2.83. The summed E-state index contributed by atoms with van der Waals surface area (Å²) in [6.45, 7) is 15.2. The lowest BCUT2D eigenvalue weighted by Gasteiger charge is -2.47. The molecule has 33 heavy (non-hydrogen) atoms. The van der Waals surface area contributed by atoms with Gasteiger partial charge in [0.15, 0.2) is 0 Å². The van der Waals surface area contributed by atoms with E-state index >= 15 is 0 Å². The highest BCUT2D eigenvalue weighted by atomic mass is 16.7. The lowest BCUT2D eigenvalue weighted by atomic mass is 9.65. The minimum absolute atomic E-state index is 0.0944. The highest BCUT2D eigenvalue weighted by molar-refractivity contribution is 6.45. The van der Waals surface area contributed by atoms with Gasteiger partial charge in [-0.2, -0.15) is 0 Å². The highest BCUT2D eigenvalue weighted by Gasteiger charge is 2.53. The molecule has 4 N–H and O–H groups in total. The zero-order chi connectivity index (χ0) is 25.2. The molecule has 0 spiro atoms. The lowest BCUT2D eigenvalue weighted by Crippen LogP contribution is -2.68. The molecule has 3 unspecified atom stereocenters. The van der Waals surface area contributed by atoms with E-state index in [1.54, 1.807) is 0 Å². The Labute approximate surface area is 198 Å². The molecular weight excluding hydrogens is 425 g/mol. The molecule has 2 fully saturated rings. The first-order valence-electron chi connectivity index (χ1n) is 11.9. The van der Waals surface area contributed by atoms with Gasteiger partial charge >= 0.3 is 13.2 Å². The van der Waals surface area contributed by atoms with Gasteiger partial charge in [-0.05, 0) is 80.0 Å². The van der Waals surface area contributed by atoms with Crippen LogP contribution in [0.15, 0.2) is 0 Å². The van der Waals surface area contributed by atoms with E-state index in [2.05, 4.69) is 16.0 Å². The fraction of sp³-hybridized carbons (Fsp3) is 0.870. The fourth-order valence-electron chi connectivity index (χ4n) is 4.85. The number of rotatable bonds is 7. The van der Waals surface area contributed by atoms with Gasteiger partial charge in [-0.15, -0.1) is 0 Å². The van der Waals surface area contributed by atoms with Gasteiger partial charge in [0.1, 0.15) is 5.54 Å². The third kappa shape index (κ3) is 6.85. The van der Waals surface area contributed by atoms with Crippen LogP contribution in [0.1, 0.15) is 81.1 Å². The first kappa shape index (κ1) is 27.4. The summed E-state index contributed by atoms with van der Waals surface area (Å²) in [6.07, 6.45) is 2.19. The van der Waals surface area contributed by atoms with Crippen molar-refractivity contribution in [3.8, 4) is 0 Å². The first-order valence-corrected chi connectivity index (χ1v) is 11.9. The molecule has 1 heterocycles. The fourth-order valence-corrected chi connectivity index (χ4v) is 4.85. The lowest BCUT2D eigenvalue weighted by molar-refractivity contribution is -0.139. The van der Waals surface area contributed by atoms with Crippen molar-refractivity contribution in [3.63, 3.8) is 0 Å². The molecular formula is C23H42BN3O6. The van der Waals surface area contributed by atoms with Crippen LogP contribution in [-0.2, 0) is 18.9 Å². The first-order chi connectivity index (χ1) is 15.0. The molecule has 1 aliphatic heterocycles. The van der Waals surface area contributed by atoms with E-state index < -0.39 is 28.4 Å². The predicted molar refractivity (Wildman–Crippen MR) is 127 cm³/mol. The summed E-state index contributed by atoms with van der Waals surface area (Å²) in [6, 6.07) is 0. The Morgan fingerprint density at radius 1 is 1.06 bits per heavy atom. The Morgan fingerprint density at radius 2 is 1.64 bits per heavy atom. The van der Waals surface area contributed by atoms with E-state index in [0.29, 0.717) is 19.2 Å². The second-order valence-corrected chi connectivity index (χ2v) is 11.7. The van der Waals surface area contributed by atoms with E-state index in [1.165, 1.54) is 6.92 Å². The van der Waals surface area contributed by atoms with Crippen LogP contribution in [0.4, 0.5) is 4.79 Å². The standard InChI is InChI=1S/C23H42BN3O6/c1-15(28)26-23(18(29)27-20(2,3)4)13-16(9-10-17(23)14-25-19(30)31)11-12-24-32-21(5,6)22(7,8)33-24/h16-17,25H,9-14H2,1-8H3,(H,26,28)(H,27,29)(H,30,31). The second-order valence-electron chi connectivity index (χ2n) is 11.7. The number of hydrogen-bond acceptors (Lipinski definition) is 5. The molecule has 3 amide bonds. The quantitative estimate of drug-likeness (QED) is 0.427. The van der Waals surface area contributed by atoms with Gasteiger partial charge in [0.25, 0.3) is 0 Å². The molecule has 0 radical (unpaired) electrons. The maximum absolute atomic E-state index is 13.6. The van der Waals surface area contributed by atoms with Gasteiger partial charge in [-0.25, -0.2) is 4.79 Å². The Balaban J connectivity index is 2.22. The van der Waals surface area contributed by atoms with Crippen LogP contribution >= 0.6 is 0 Å². The van der Waals surface area contributed by atoms with Crippen LogP contribution in [0.25, 0.3) is 0 Å². The molecule has 10 heteroatoms. The molecule has 2 aliphatic rings. The largest absolute Gasteiger partial charge is 0.465 e. The number of carboxylic acid groups (broad SMARTS) is 1. The SMILES string of the molecule is CC(=O)NC1(C(=O)NC(C)(C)C)CC(CCB2OC(C)(C)C(C)(C)O2)CCC1CNC(=O)O. The maximum Gasteiger partial charge on any atom is 0.457 e. The van der Waals surface area contributed by atoms with Crippen LogP contribution < -0.4 is 16.0 Å². The van der Waals surface area contributed by atoms with E-state index in [0.717, 1.165) is 12.8 Å². The monoisotopic (exact) mass is 467 g/mol. The number of amides is 3. The van der Waals surface area contributed by atoms with Gasteiger partial charge in [-0.1, -0.05) is 6.42 Å². The van der Waals surface area contributed by atoms with Crippen molar-refractivity contribution >= 4 is 25.0 Å². The number of carbonyl (C=O) groups excluding carboxylic acids is 2. The topological polar surface area (TPSA) is 126 Å². The van der Waals surface area contributed by atoms with E-state index in [1.807, 2.05) is 48.5 Å². The Hall–Kier alpha value is -1.81. The molecule has 3 atom stereocenters. The van der Waals surface area contributed by atoms with Gasteiger partial charge < -0.3 is 30.4 Å². The molecule has 0 aromatic rings. The number of carbonyl (C=O) groups is 3. The van der Waals surface area contributed by atoms with Crippen LogP contribution in [0.5, 0.6) is 0 Å². The third-order valence-electron chi connectivity index (χ3n) is 7.14. The summed E-state index contributed by atoms with van der Waals surface area (Å²) in [5.74, 6) is -0.788. The molecule has 2 rings (SSSR count). The molecule has 0 aromatic carbocycles. The number of nitrogens with one attached hydrogen (secondary N) is 3. The molecule has 9 nitrogen and oxygen atoms in total. The van der Waals surface area contributed by atoms with E-state index in [-0.39, 0.29) is 37.3 Å². The highest BCUT2D eigenvalue weighted by Crippen LogP contribution is 2.42. The molecule has 188 valence electrons. The molecule has 1 aliphatic carbocycles. The van der Waals surface area contributed by atoms with Gasteiger partial charge in [0.2, 0.25) is 11.8 Å². The second kappa shape index (κ2) is 9.82. The van der Waals surface area contributed by atoms with Gasteiger partial charge in [0, 0.05) is 24.9 Å². The van der Waals surface area contributed by atoms with Gasteiger partial charge in [0.05, 0.1) is 11.2 Å². The van der Waals surface area contributed by atoms with Crippen LogP contribution in [0.2, 0.25) is 6.32 Å². The summed E-state index contributed by atoms with van der Waals surface area (Å²) >= 11 is 0. The van der Waals surface area contributed by atoms with Crippen molar-refractivity contribution in [1.82, 2.24) is 16.0 Å². The third-order valence-corrected chi connectivity index (χ3v) is 7.14. The van der Waals surface area contributed by atoms with Gasteiger partial charge in [-0.3, -0.25) is 9.59 Å². The zero-order valence-corrected chi connectivity index (χ0v) is 21.5. The van der Waals surface area contributed by atoms with E-state index in [9.17, 15) is 14.4 Å². The number of hydrogen-bond donors (Lipinski definition) is 4. The van der Waals surface area contributed by atoms with Crippen molar-refractivity contribution in [2.75, 3.05) is 6.54 Å². The normalized spacial score (nSPS) is 28.8. The molecule has 1 saturated carbocycles. The van der Waals surface area contributed by atoms with Crippen LogP contribution in [0.3, 0.4) is 0 Å². The van der Waals surface area contributed by atoms with Crippen molar-refractivity contribution in [2.45, 2.75) is 110 Å².